The lowest BCUT2D eigenvalue weighted by Crippen LogP contribution is -2.12. The van der Waals surface area contributed by atoms with E-state index in [9.17, 15) is 19.4 Å². The molecular formula is C13H8Cl2FNO3. The number of amides is 1. The molecule has 0 spiro atoms. The summed E-state index contributed by atoms with van der Waals surface area (Å²) in [6.07, 6.45) is 0. The molecule has 0 aliphatic carbocycles. The maximum atomic E-state index is 12.8. The molecule has 0 aliphatic rings. The Bertz CT molecular complexity index is 692. The van der Waals surface area contributed by atoms with Crippen LogP contribution in [0.2, 0.25) is 10.0 Å². The Morgan fingerprint density at radius 3 is 2.50 bits per heavy atom. The van der Waals surface area contributed by atoms with Gasteiger partial charge < -0.3 is 15.5 Å². The molecule has 0 bridgehead atoms. The fourth-order valence-corrected chi connectivity index (χ4v) is 2.04. The summed E-state index contributed by atoms with van der Waals surface area (Å²) in [4.78, 5) is 11.9. The quantitative estimate of drug-likeness (QED) is 0.738. The van der Waals surface area contributed by atoms with Gasteiger partial charge in [0.25, 0.3) is 5.91 Å². The van der Waals surface area contributed by atoms with Gasteiger partial charge in [-0.15, -0.1) is 0 Å². The molecule has 20 heavy (non-hydrogen) atoms. The van der Waals surface area contributed by atoms with E-state index in [0.29, 0.717) is 0 Å². The van der Waals surface area contributed by atoms with Gasteiger partial charge >= 0.3 is 0 Å². The SMILES string of the molecule is O=C(Nc1cc(Cl)cc(Cl)c1O)c1ccc(F)cc1O. The molecule has 7 heteroatoms. The van der Waals surface area contributed by atoms with E-state index in [-0.39, 0.29) is 27.0 Å². The van der Waals surface area contributed by atoms with E-state index in [1.165, 1.54) is 12.1 Å². The summed E-state index contributed by atoms with van der Waals surface area (Å²) in [5.41, 5.74) is -0.168. The zero-order valence-electron chi connectivity index (χ0n) is 9.82. The fraction of sp³-hybridized carbons (Fsp3) is 0. The molecule has 2 rings (SSSR count). The number of carbonyl (C=O) groups is 1. The number of halogens is 3. The van der Waals surface area contributed by atoms with E-state index in [1.807, 2.05) is 0 Å². The summed E-state index contributed by atoms with van der Waals surface area (Å²) in [6.45, 7) is 0. The van der Waals surface area contributed by atoms with Crippen molar-refractivity contribution in [1.82, 2.24) is 0 Å². The van der Waals surface area contributed by atoms with Crippen LogP contribution in [0.4, 0.5) is 10.1 Å². The molecular weight excluding hydrogens is 308 g/mol. The van der Waals surface area contributed by atoms with E-state index in [0.717, 1.165) is 18.2 Å². The highest BCUT2D eigenvalue weighted by Crippen LogP contribution is 2.35. The minimum atomic E-state index is -0.740. The standard InChI is InChI=1S/C13H8Cl2FNO3/c14-6-3-9(15)12(19)10(4-6)17-13(20)8-2-1-7(16)5-11(8)18/h1-5,18-19H,(H,17,20). The molecule has 4 nitrogen and oxygen atoms in total. The number of phenolic OH excluding ortho intramolecular Hbond substituents is 2. The Morgan fingerprint density at radius 1 is 1.15 bits per heavy atom. The molecule has 104 valence electrons. The number of carbonyl (C=O) groups excluding carboxylic acids is 1. The highest BCUT2D eigenvalue weighted by atomic mass is 35.5. The number of phenols is 2. The number of anilines is 1. The van der Waals surface area contributed by atoms with Crippen molar-refractivity contribution in [3.8, 4) is 11.5 Å². The van der Waals surface area contributed by atoms with Crippen LogP contribution in [-0.2, 0) is 0 Å². The van der Waals surface area contributed by atoms with Crippen LogP contribution in [-0.4, -0.2) is 16.1 Å². The van der Waals surface area contributed by atoms with Crippen molar-refractivity contribution in [2.45, 2.75) is 0 Å². The highest BCUT2D eigenvalue weighted by molar-refractivity contribution is 6.36. The normalized spacial score (nSPS) is 10.3. The third-order valence-electron chi connectivity index (χ3n) is 2.48. The monoisotopic (exact) mass is 315 g/mol. The predicted molar refractivity (Wildman–Crippen MR) is 74.1 cm³/mol. The number of hydrogen-bond acceptors (Lipinski definition) is 3. The second-order valence-corrected chi connectivity index (χ2v) is 4.74. The van der Waals surface area contributed by atoms with Crippen LogP contribution in [0.1, 0.15) is 10.4 Å². The Labute approximate surface area is 123 Å². The second kappa shape index (κ2) is 5.56. The minimum Gasteiger partial charge on any atom is -0.507 e. The lowest BCUT2D eigenvalue weighted by molar-refractivity contribution is 0.102. The first kappa shape index (κ1) is 14.4. The van der Waals surface area contributed by atoms with Gasteiger partial charge in [0.15, 0.2) is 5.75 Å². The third-order valence-corrected chi connectivity index (χ3v) is 2.99. The Hall–Kier alpha value is -1.98. The van der Waals surface area contributed by atoms with Crippen LogP contribution >= 0.6 is 23.2 Å². The van der Waals surface area contributed by atoms with E-state index < -0.39 is 17.5 Å². The molecule has 0 saturated carbocycles. The Balaban J connectivity index is 2.32. The van der Waals surface area contributed by atoms with Gasteiger partial charge in [-0.2, -0.15) is 0 Å². The van der Waals surface area contributed by atoms with Gasteiger partial charge in [0.2, 0.25) is 0 Å². The van der Waals surface area contributed by atoms with Crippen LogP contribution < -0.4 is 5.32 Å². The van der Waals surface area contributed by atoms with Gasteiger partial charge in [0, 0.05) is 11.1 Å². The average Bonchev–Trinajstić information content (AvgIpc) is 2.35. The summed E-state index contributed by atoms with van der Waals surface area (Å²) in [7, 11) is 0. The van der Waals surface area contributed by atoms with Crippen LogP contribution in [0.3, 0.4) is 0 Å². The highest BCUT2D eigenvalue weighted by Gasteiger charge is 2.15. The zero-order valence-corrected chi connectivity index (χ0v) is 11.3. The van der Waals surface area contributed by atoms with Crippen LogP contribution in [0.15, 0.2) is 30.3 Å². The lowest BCUT2D eigenvalue weighted by atomic mass is 10.1. The van der Waals surface area contributed by atoms with E-state index in [1.54, 1.807) is 0 Å². The van der Waals surface area contributed by atoms with Gasteiger partial charge in [-0.05, 0) is 24.3 Å². The molecule has 0 aliphatic heterocycles. The summed E-state index contributed by atoms with van der Waals surface area (Å²) in [5, 5.41) is 21.7. The van der Waals surface area contributed by atoms with Gasteiger partial charge in [-0.25, -0.2) is 4.39 Å². The largest absolute Gasteiger partial charge is 0.507 e. The first-order valence-corrected chi connectivity index (χ1v) is 6.12. The van der Waals surface area contributed by atoms with Gasteiger partial charge in [0.05, 0.1) is 16.3 Å². The average molecular weight is 316 g/mol. The fourth-order valence-electron chi connectivity index (χ4n) is 1.55. The smallest absolute Gasteiger partial charge is 0.259 e. The zero-order chi connectivity index (χ0) is 14.9. The van der Waals surface area contributed by atoms with Gasteiger partial charge in [0.1, 0.15) is 11.6 Å². The number of rotatable bonds is 2. The van der Waals surface area contributed by atoms with Crippen LogP contribution in [0.25, 0.3) is 0 Å². The number of aromatic hydroxyl groups is 2. The van der Waals surface area contributed by atoms with Crippen molar-refractivity contribution in [3.63, 3.8) is 0 Å². The third kappa shape index (κ3) is 2.95. The number of hydrogen-bond donors (Lipinski definition) is 3. The van der Waals surface area contributed by atoms with Gasteiger partial charge in [-0.3, -0.25) is 4.79 Å². The number of benzene rings is 2. The Morgan fingerprint density at radius 2 is 1.85 bits per heavy atom. The summed E-state index contributed by atoms with van der Waals surface area (Å²) in [6, 6.07) is 5.55. The van der Waals surface area contributed by atoms with Crippen molar-refractivity contribution in [3.05, 3.63) is 51.8 Å². The molecule has 3 N–H and O–H groups in total. The summed E-state index contributed by atoms with van der Waals surface area (Å²) in [5.74, 6) is -2.29. The first-order valence-electron chi connectivity index (χ1n) is 5.36. The first-order chi connectivity index (χ1) is 9.38. The van der Waals surface area contributed by atoms with E-state index in [4.69, 9.17) is 23.2 Å². The number of nitrogens with one attached hydrogen (secondary N) is 1. The van der Waals surface area contributed by atoms with Crippen LogP contribution in [0, 0.1) is 5.82 Å². The van der Waals surface area contributed by atoms with Crippen molar-refractivity contribution < 1.29 is 19.4 Å². The maximum Gasteiger partial charge on any atom is 0.259 e. The molecule has 0 fully saturated rings. The minimum absolute atomic E-state index is 0.0174. The maximum absolute atomic E-state index is 12.8. The van der Waals surface area contributed by atoms with E-state index >= 15 is 0 Å². The summed E-state index contributed by atoms with van der Waals surface area (Å²) >= 11 is 11.5. The molecule has 0 aromatic heterocycles. The predicted octanol–water partition coefficient (Wildman–Crippen LogP) is 3.80. The van der Waals surface area contributed by atoms with Gasteiger partial charge in [-0.1, -0.05) is 23.2 Å². The van der Waals surface area contributed by atoms with Crippen molar-refractivity contribution >= 4 is 34.8 Å². The molecule has 0 radical (unpaired) electrons. The summed E-state index contributed by atoms with van der Waals surface area (Å²) < 4.78 is 12.8. The molecule has 2 aromatic rings. The van der Waals surface area contributed by atoms with Crippen LogP contribution in [0.5, 0.6) is 11.5 Å². The van der Waals surface area contributed by atoms with Crippen molar-refractivity contribution in [2.24, 2.45) is 0 Å². The molecule has 0 atom stereocenters. The Kier molecular flexibility index (Phi) is 4.01. The lowest BCUT2D eigenvalue weighted by Gasteiger charge is -2.10. The molecule has 0 saturated heterocycles. The second-order valence-electron chi connectivity index (χ2n) is 3.90. The molecule has 2 aromatic carbocycles. The van der Waals surface area contributed by atoms with Crippen molar-refractivity contribution in [2.75, 3.05) is 5.32 Å². The molecule has 0 heterocycles. The molecule has 0 unspecified atom stereocenters. The molecule has 1 amide bonds. The van der Waals surface area contributed by atoms with E-state index in [2.05, 4.69) is 5.32 Å². The topological polar surface area (TPSA) is 69.6 Å². The van der Waals surface area contributed by atoms with Crippen molar-refractivity contribution in [1.29, 1.82) is 0 Å².